The van der Waals surface area contributed by atoms with Crippen LogP contribution in [-0.2, 0) is 4.79 Å². The first kappa shape index (κ1) is 17.4. The molecule has 0 unspecified atom stereocenters. The van der Waals surface area contributed by atoms with Gasteiger partial charge in [0.1, 0.15) is 10.9 Å². The number of aromatic amines is 1. The van der Waals surface area contributed by atoms with Gasteiger partial charge < -0.3 is 20.7 Å². The Hall–Kier alpha value is -2.38. The number of carbonyl (C=O) groups is 1. The summed E-state index contributed by atoms with van der Waals surface area (Å²) in [6, 6.07) is 0. The van der Waals surface area contributed by atoms with Gasteiger partial charge in [-0.2, -0.15) is 0 Å². The van der Waals surface area contributed by atoms with E-state index < -0.39 is 5.54 Å². The van der Waals surface area contributed by atoms with Gasteiger partial charge in [-0.1, -0.05) is 12.2 Å². The van der Waals surface area contributed by atoms with Crippen molar-refractivity contribution in [1.29, 1.82) is 0 Å². The molecule has 3 heterocycles. The Balaban J connectivity index is 2.08. The number of Topliss-reactive ketones (excluding diaryl/α,β-unsaturated/α-hetero) is 1. The van der Waals surface area contributed by atoms with Gasteiger partial charge >= 0.3 is 0 Å². The lowest BCUT2D eigenvalue weighted by Crippen LogP contribution is -2.38. The lowest BCUT2D eigenvalue weighted by molar-refractivity contribution is -0.117. The maximum Gasteiger partial charge on any atom is 0.266 e. The number of aliphatic hydroxyl groups is 1. The summed E-state index contributed by atoms with van der Waals surface area (Å²) in [7, 11) is 0. The summed E-state index contributed by atoms with van der Waals surface area (Å²) in [6.45, 7) is 4.85. The average molecular weight is 359 g/mol. The monoisotopic (exact) mass is 359 g/mol. The van der Waals surface area contributed by atoms with Crippen LogP contribution in [0.4, 0.5) is 0 Å². The topological polar surface area (TPSA) is 94.2 Å². The highest BCUT2D eigenvalue weighted by atomic mass is 32.1. The molecule has 0 atom stereocenters. The molecule has 1 aromatic rings. The second kappa shape index (κ2) is 6.85. The third-order valence-corrected chi connectivity index (χ3v) is 5.27. The molecule has 0 radical (unpaired) electrons. The third kappa shape index (κ3) is 3.67. The Labute approximate surface area is 149 Å². The first-order valence-electron chi connectivity index (χ1n) is 8.11. The van der Waals surface area contributed by atoms with Crippen molar-refractivity contribution in [1.82, 2.24) is 15.6 Å². The largest absolute Gasteiger partial charge is 0.513 e. The van der Waals surface area contributed by atoms with Crippen molar-refractivity contribution in [2.24, 2.45) is 0 Å². The SMILES string of the molecule is CC1(C)NC/C(=c2/[nH]c(=O)/c(=C/C3=C/C(=C/O)NCC/C=C\3)s2)C1=O. The molecule has 2 aliphatic heterocycles. The predicted molar refractivity (Wildman–Crippen MR) is 99.7 cm³/mol. The highest BCUT2D eigenvalue weighted by Crippen LogP contribution is 2.18. The highest BCUT2D eigenvalue weighted by Gasteiger charge is 2.36. The number of allylic oxidation sites excluding steroid dienone is 3. The van der Waals surface area contributed by atoms with Crippen molar-refractivity contribution >= 4 is 28.8 Å². The predicted octanol–water partition coefficient (Wildman–Crippen LogP) is 0.194. The fourth-order valence-electron chi connectivity index (χ4n) is 2.73. The number of nitrogens with one attached hydrogen (secondary N) is 3. The summed E-state index contributed by atoms with van der Waals surface area (Å²) >= 11 is 1.28. The Morgan fingerprint density at radius 1 is 1.32 bits per heavy atom. The molecule has 0 amide bonds. The van der Waals surface area contributed by atoms with Crippen LogP contribution in [-0.4, -0.2) is 34.5 Å². The van der Waals surface area contributed by atoms with E-state index >= 15 is 0 Å². The van der Waals surface area contributed by atoms with Crippen LogP contribution >= 0.6 is 11.3 Å². The number of carbonyl (C=O) groups excluding carboxylic acids is 1. The number of hydrogen-bond acceptors (Lipinski definition) is 6. The first-order chi connectivity index (χ1) is 11.9. The van der Waals surface area contributed by atoms with E-state index in [1.807, 2.05) is 26.0 Å². The number of H-pyrrole nitrogens is 1. The van der Waals surface area contributed by atoms with Crippen LogP contribution in [0.25, 0.3) is 11.6 Å². The van der Waals surface area contributed by atoms with Gasteiger partial charge in [0.15, 0.2) is 5.78 Å². The Morgan fingerprint density at radius 3 is 2.80 bits per heavy atom. The van der Waals surface area contributed by atoms with Crippen LogP contribution in [0.2, 0.25) is 0 Å². The maximum atomic E-state index is 12.4. The summed E-state index contributed by atoms with van der Waals surface area (Å²) in [5.41, 5.74) is 1.19. The lowest BCUT2D eigenvalue weighted by atomic mass is 10.00. The fraction of sp³-hybridized carbons (Fsp3) is 0.333. The van der Waals surface area contributed by atoms with E-state index in [0.717, 1.165) is 24.8 Å². The van der Waals surface area contributed by atoms with E-state index in [4.69, 9.17) is 0 Å². The number of aliphatic hydroxyl groups excluding tert-OH is 1. The fourth-order valence-corrected chi connectivity index (χ4v) is 3.72. The van der Waals surface area contributed by atoms with Crippen molar-refractivity contribution in [2.45, 2.75) is 25.8 Å². The zero-order chi connectivity index (χ0) is 18.0. The van der Waals surface area contributed by atoms with Crippen LogP contribution < -0.4 is 25.4 Å². The van der Waals surface area contributed by atoms with Crippen LogP contribution in [0, 0.1) is 0 Å². The minimum absolute atomic E-state index is 0.0105. The van der Waals surface area contributed by atoms with Crippen molar-refractivity contribution in [3.63, 3.8) is 0 Å². The van der Waals surface area contributed by atoms with E-state index in [2.05, 4.69) is 15.6 Å². The Morgan fingerprint density at radius 2 is 2.12 bits per heavy atom. The van der Waals surface area contributed by atoms with Gasteiger partial charge in [-0.05, 0) is 38.0 Å². The molecule has 0 bridgehead atoms. The second-order valence-electron chi connectivity index (χ2n) is 6.53. The minimum Gasteiger partial charge on any atom is -0.513 e. The molecule has 0 aliphatic carbocycles. The number of rotatable bonds is 1. The van der Waals surface area contributed by atoms with E-state index in [9.17, 15) is 14.7 Å². The third-order valence-electron chi connectivity index (χ3n) is 4.20. The summed E-state index contributed by atoms with van der Waals surface area (Å²) < 4.78 is 1.12. The smallest absolute Gasteiger partial charge is 0.266 e. The van der Waals surface area contributed by atoms with Crippen molar-refractivity contribution in [2.75, 3.05) is 13.1 Å². The van der Waals surface area contributed by atoms with Gasteiger partial charge in [-0.25, -0.2) is 0 Å². The molecule has 0 saturated carbocycles. The quantitative estimate of drug-likeness (QED) is 0.537. The molecule has 4 N–H and O–H groups in total. The molecule has 6 nitrogen and oxygen atoms in total. The summed E-state index contributed by atoms with van der Waals surface area (Å²) in [5, 5.41) is 15.5. The molecule has 25 heavy (non-hydrogen) atoms. The summed E-state index contributed by atoms with van der Waals surface area (Å²) in [6.07, 6.45) is 9.29. The zero-order valence-corrected chi connectivity index (χ0v) is 15.0. The van der Waals surface area contributed by atoms with Crippen LogP contribution in [0.15, 0.2) is 40.6 Å². The normalized spacial score (nSPS) is 28.2. The van der Waals surface area contributed by atoms with Gasteiger partial charge in [-0.15, -0.1) is 11.3 Å². The minimum atomic E-state index is -0.600. The molecule has 2 aliphatic rings. The van der Waals surface area contributed by atoms with E-state index in [0.29, 0.717) is 27.0 Å². The molecule has 0 aromatic carbocycles. The average Bonchev–Trinajstić information content (AvgIpc) is 3.02. The molecule has 132 valence electrons. The zero-order valence-electron chi connectivity index (χ0n) is 14.2. The number of hydrogen-bond donors (Lipinski definition) is 4. The number of aromatic nitrogens is 1. The molecular formula is C18H21N3O3S. The molecule has 1 fully saturated rings. The van der Waals surface area contributed by atoms with Crippen LogP contribution in [0.3, 0.4) is 0 Å². The maximum absolute atomic E-state index is 12.4. The molecule has 7 heteroatoms. The summed E-state index contributed by atoms with van der Waals surface area (Å²) in [5.74, 6) is 0.0105. The van der Waals surface area contributed by atoms with E-state index in [1.165, 1.54) is 11.3 Å². The van der Waals surface area contributed by atoms with Gasteiger partial charge in [0, 0.05) is 18.7 Å². The Kier molecular flexibility index (Phi) is 4.78. The van der Waals surface area contributed by atoms with E-state index in [1.54, 1.807) is 12.2 Å². The summed E-state index contributed by atoms with van der Waals surface area (Å²) in [4.78, 5) is 27.5. The van der Waals surface area contributed by atoms with Gasteiger partial charge in [0.2, 0.25) is 0 Å². The van der Waals surface area contributed by atoms with Crippen molar-refractivity contribution in [3.8, 4) is 0 Å². The molecule has 3 rings (SSSR count). The van der Waals surface area contributed by atoms with Crippen LogP contribution in [0.5, 0.6) is 0 Å². The van der Waals surface area contributed by atoms with Gasteiger partial charge in [-0.3, -0.25) is 9.59 Å². The highest BCUT2D eigenvalue weighted by molar-refractivity contribution is 7.07. The molecule has 1 saturated heterocycles. The molecule has 1 aromatic heterocycles. The van der Waals surface area contributed by atoms with Crippen molar-refractivity contribution < 1.29 is 9.90 Å². The van der Waals surface area contributed by atoms with Crippen LogP contribution in [0.1, 0.15) is 20.3 Å². The molecule has 0 spiro atoms. The molecular weight excluding hydrogens is 338 g/mol. The first-order valence-corrected chi connectivity index (χ1v) is 8.93. The number of ketones is 1. The lowest BCUT2D eigenvalue weighted by Gasteiger charge is -2.13. The van der Waals surface area contributed by atoms with Gasteiger partial charge in [0.25, 0.3) is 5.56 Å². The Bertz CT molecular complexity index is 960. The number of thiazole rings is 1. The van der Waals surface area contributed by atoms with Crippen molar-refractivity contribution in [3.05, 3.63) is 55.3 Å². The standard InChI is InChI=1S/C18H21N3O3S/c1-18(2)15(23)13(9-20-18)17-21-16(24)14(25-17)8-11-5-3-4-6-19-12(7-11)10-22/h3,5,7-8,10,19-20,22H,4,6,9H2,1-2H3,(H,21,24)/b5-3-,11-7+,12-10-,14-8-,17-13+. The van der Waals surface area contributed by atoms with Gasteiger partial charge in [0.05, 0.1) is 15.8 Å². The second-order valence-corrected chi connectivity index (χ2v) is 7.58. The van der Waals surface area contributed by atoms with E-state index in [-0.39, 0.29) is 11.3 Å².